The van der Waals surface area contributed by atoms with Crippen LogP contribution in [0.15, 0.2) is 36.4 Å². The molecule has 0 fully saturated rings. The number of hydrogen-bond acceptors (Lipinski definition) is 3. The van der Waals surface area contributed by atoms with Crippen LogP contribution >= 0.6 is 11.6 Å². The van der Waals surface area contributed by atoms with Crippen LogP contribution in [-0.4, -0.2) is 7.11 Å². The van der Waals surface area contributed by atoms with Gasteiger partial charge in [0.05, 0.1) is 12.1 Å². The first-order chi connectivity index (χ1) is 9.63. The van der Waals surface area contributed by atoms with Crippen LogP contribution in [-0.2, 0) is 13.2 Å². The van der Waals surface area contributed by atoms with Crippen LogP contribution in [0.5, 0.6) is 11.5 Å². The molecule has 0 heterocycles. The minimum absolute atomic E-state index is 0.435. The van der Waals surface area contributed by atoms with Crippen LogP contribution < -0.4 is 15.2 Å². The van der Waals surface area contributed by atoms with Gasteiger partial charge in [0, 0.05) is 12.1 Å². The van der Waals surface area contributed by atoms with Gasteiger partial charge in [-0.2, -0.15) is 0 Å². The molecule has 0 amide bonds. The van der Waals surface area contributed by atoms with Gasteiger partial charge in [0.15, 0.2) is 0 Å². The van der Waals surface area contributed by atoms with Crippen LogP contribution in [0.4, 0.5) is 0 Å². The Hall–Kier alpha value is -1.71. The van der Waals surface area contributed by atoms with Crippen molar-refractivity contribution in [2.75, 3.05) is 7.11 Å². The van der Waals surface area contributed by atoms with Crippen molar-refractivity contribution in [2.24, 2.45) is 5.73 Å². The maximum atomic E-state index is 6.10. The second kappa shape index (κ2) is 6.64. The number of nitrogens with two attached hydrogens (primary N) is 1. The van der Waals surface area contributed by atoms with Gasteiger partial charge in [0.1, 0.15) is 18.1 Å². The lowest BCUT2D eigenvalue weighted by molar-refractivity contribution is 0.305. The second-order valence-electron chi connectivity index (χ2n) is 4.57. The van der Waals surface area contributed by atoms with E-state index in [0.717, 1.165) is 22.4 Å². The summed E-state index contributed by atoms with van der Waals surface area (Å²) in [6.07, 6.45) is 0. The lowest BCUT2D eigenvalue weighted by atomic mass is 10.1. The van der Waals surface area contributed by atoms with Gasteiger partial charge in [-0.1, -0.05) is 29.8 Å². The van der Waals surface area contributed by atoms with E-state index in [1.165, 1.54) is 0 Å². The summed E-state index contributed by atoms with van der Waals surface area (Å²) in [5, 5.41) is 0.612. The zero-order valence-corrected chi connectivity index (χ0v) is 12.4. The molecule has 0 aliphatic carbocycles. The second-order valence-corrected chi connectivity index (χ2v) is 4.98. The van der Waals surface area contributed by atoms with Gasteiger partial charge >= 0.3 is 0 Å². The minimum Gasteiger partial charge on any atom is -0.496 e. The van der Waals surface area contributed by atoms with E-state index in [1.807, 2.05) is 43.3 Å². The highest BCUT2D eigenvalue weighted by Crippen LogP contribution is 2.27. The molecule has 0 atom stereocenters. The fraction of sp³-hybridized carbons (Fsp3) is 0.250. The Morgan fingerprint density at radius 3 is 2.60 bits per heavy atom. The number of halogens is 1. The standard InChI is InChI=1S/C16H18ClNO2/c1-11-3-6-14(17)16(7-11)20-10-12-4-5-13(9-18)15(8-12)19-2/h3-8H,9-10,18H2,1-2H3. The fourth-order valence-electron chi connectivity index (χ4n) is 1.93. The zero-order valence-electron chi connectivity index (χ0n) is 11.7. The van der Waals surface area contributed by atoms with Gasteiger partial charge in [0.2, 0.25) is 0 Å². The number of ether oxygens (including phenoxy) is 2. The Bertz CT molecular complexity index is 599. The predicted molar refractivity (Wildman–Crippen MR) is 81.4 cm³/mol. The highest BCUT2D eigenvalue weighted by molar-refractivity contribution is 6.32. The van der Waals surface area contributed by atoms with E-state index in [0.29, 0.717) is 23.9 Å². The lowest BCUT2D eigenvalue weighted by Crippen LogP contribution is -2.02. The van der Waals surface area contributed by atoms with Crippen LogP contribution in [0.2, 0.25) is 5.02 Å². The van der Waals surface area contributed by atoms with Crippen molar-refractivity contribution in [3.05, 3.63) is 58.1 Å². The molecule has 2 aromatic rings. The molecule has 0 unspecified atom stereocenters. The number of methoxy groups -OCH3 is 1. The van der Waals surface area contributed by atoms with E-state index in [-0.39, 0.29) is 0 Å². The van der Waals surface area contributed by atoms with Gasteiger partial charge < -0.3 is 15.2 Å². The molecule has 2 rings (SSSR count). The first-order valence-corrected chi connectivity index (χ1v) is 6.76. The average Bonchev–Trinajstić information content (AvgIpc) is 2.47. The van der Waals surface area contributed by atoms with Crippen LogP contribution in [0, 0.1) is 6.92 Å². The third-order valence-electron chi connectivity index (χ3n) is 3.05. The molecule has 2 aromatic carbocycles. The monoisotopic (exact) mass is 291 g/mol. The summed E-state index contributed by atoms with van der Waals surface area (Å²) in [6.45, 7) is 2.89. The summed E-state index contributed by atoms with van der Waals surface area (Å²) in [7, 11) is 1.64. The molecule has 0 aromatic heterocycles. The highest BCUT2D eigenvalue weighted by Gasteiger charge is 2.05. The van der Waals surface area contributed by atoms with Crippen molar-refractivity contribution in [3.63, 3.8) is 0 Å². The molecular weight excluding hydrogens is 274 g/mol. The SMILES string of the molecule is COc1cc(COc2cc(C)ccc2Cl)ccc1CN. The van der Waals surface area contributed by atoms with Crippen LogP contribution in [0.3, 0.4) is 0 Å². The maximum absolute atomic E-state index is 6.10. The van der Waals surface area contributed by atoms with Gasteiger partial charge in [-0.3, -0.25) is 0 Å². The number of hydrogen-bond donors (Lipinski definition) is 1. The Kier molecular flexibility index (Phi) is 4.88. The summed E-state index contributed by atoms with van der Waals surface area (Å²) in [5.74, 6) is 1.47. The molecule has 0 spiro atoms. The van der Waals surface area contributed by atoms with E-state index >= 15 is 0 Å². The van der Waals surface area contributed by atoms with E-state index in [1.54, 1.807) is 7.11 Å². The predicted octanol–water partition coefficient (Wildman–Crippen LogP) is 3.69. The van der Waals surface area contributed by atoms with Crippen molar-refractivity contribution in [1.29, 1.82) is 0 Å². The summed E-state index contributed by atoms with van der Waals surface area (Å²) < 4.78 is 11.1. The number of benzene rings is 2. The largest absolute Gasteiger partial charge is 0.496 e. The lowest BCUT2D eigenvalue weighted by Gasteiger charge is -2.11. The quantitative estimate of drug-likeness (QED) is 0.913. The molecular formula is C16H18ClNO2. The fourth-order valence-corrected chi connectivity index (χ4v) is 2.10. The van der Waals surface area contributed by atoms with E-state index < -0.39 is 0 Å². The Labute approximate surface area is 124 Å². The Morgan fingerprint density at radius 1 is 1.10 bits per heavy atom. The zero-order chi connectivity index (χ0) is 14.5. The van der Waals surface area contributed by atoms with Crippen molar-refractivity contribution >= 4 is 11.6 Å². The number of aryl methyl sites for hydroxylation is 1. The van der Waals surface area contributed by atoms with Gasteiger partial charge in [0.25, 0.3) is 0 Å². The highest BCUT2D eigenvalue weighted by atomic mass is 35.5. The maximum Gasteiger partial charge on any atom is 0.138 e. The van der Waals surface area contributed by atoms with Crippen LogP contribution in [0.1, 0.15) is 16.7 Å². The van der Waals surface area contributed by atoms with Gasteiger partial charge in [-0.25, -0.2) is 0 Å². The molecule has 0 aliphatic heterocycles. The van der Waals surface area contributed by atoms with E-state index in [4.69, 9.17) is 26.8 Å². The molecule has 2 N–H and O–H groups in total. The summed E-state index contributed by atoms with van der Waals surface area (Å²) >= 11 is 6.10. The van der Waals surface area contributed by atoms with Crippen molar-refractivity contribution in [2.45, 2.75) is 20.1 Å². The van der Waals surface area contributed by atoms with Crippen molar-refractivity contribution in [1.82, 2.24) is 0 Å². The summed E-state index contributed by atoms with van der Waals surface area (Å²) in [5.41, 5.74) is 8.75. The molecule has 0 radical (unpaired) electrons. The third kappa shape index (κ3) is 3.44. The summed E-state index contributed by atoms with van der Waals surface area (Å²) in [4.78, 5) is 0. The Balaban J connectivity index is 2.12. The minimum atomic E-state index is 0.435. The summed E-state index contributed by atoms with van der Waals surface area (Å²) in [6, 6.07) is 11.6. The smallest absolute Gasteiger partial charge is 0.138 e. The molecule has 0 bridgehead atoms. The van der Waals surface area contributed by atoms with Crippen molar-refractivity contribution in [3.8, 4) is 11.5 Å². The number of rotatable bonds is 5. The molecule has 3 nitrogen and oxygen atoms in total. The Morgan fingerprint density at radius 2 is 1.90 bits per heavy atom. The van der Waals surface area contributed by atoms with E-state index in [9.17, 15) is 0 Å². The molecule has 20 heavy (non-hydrogen) atoms. The average molecular weight is 292 g/mol. The normalized spacial score (nSPS) is 10.4. The topological polar surface area (TPSA) is 44.5 Å². The van der Waals surface area contributed by atoms with Crippen molar-refractivity contribution < 1.29 is 9.47 Å². The third-order valence-corrected chi connectivity index (χ3v) is 3.36. The molecule has 0 aliphatic rings. The first kappa shape index (κ1) is 14.7. The molecule has 106 valence electrons. The molecule has 0 saturated heterocycles. The van der Waals surface area contributed by atoms with Gasteiger partial charge in [-0.05, 0) is 36.2 Å². The first-order valence-electron chi connectivity index (χ1n) is 6.39. The van der Waals surface area contributed by atoms with E-state index in [2.05, 4.69) is 0 Å². The molecule has 4 heteroatoms. The van der Waals surface area contributed by atoms with Crippen LogP contribution in [0.25, 0.3) is 0 Å². The molecule has 0 saturated carbocycles. The van der Waals surface area contributed by atoms with Gasteiger partial charge in [-0.15, -0.1) is 0 Å².